The Morgan fingerprint density at radius 3 is 2.66 bits per heavy atom. The number of hydrogen-bond donors (Lipinski definition) is 3. The van der Waals surface area contributed by atoms with Gasteiger partial charge in [-0.25, -0.2) is 8.42 Å². The van der Waals surface area contributed by atoms with E-state index in [-0.39, 0.29) is 37.0 Å². The van der Waals surface area contributed by atoms with E-state index in [1.165, 1.54) is 0 Å². The molecule has 0 aliphatic carbocycles. The van der Waals surface area contributed by atoms with Gasteiger partial charge >= 0.3 is 0 Å². The Labute approximate surface area is 188 Å². The van der Waals surface area contributed by atoms with Crippen LogP contribution in [0.4, 0.5) is 5.69 Å². The van der Waals surface area contributed by atoms with Crippen LogP contribution >= 0.6 is 0 Å². The Bertz CT molecular complexity index is 1080. The maximum Gasteiger partial charge on any atom is 0.229 e. The summed E-state index contributed by atoms with van der Waals surface area (Å²) in [6.45, 7) is 1.70. The molecule has 5 atom stereocenters. The summed E-state index contributed by atoms with van der Waals surface area (Å²) in [4.78, 5) is 12.7. The molecule has 2 aromatic rings. The lowest BCUT2D eigenvalue weighted by atomic mass is 9.84. The second-order valence-corrected chi connectivity index (χ2v) is 10.2. The molecule has 0 aromatic heterocycles. The largest absolute Gasteiger partial charge is 0.487 e. The SMILES string of the molecule is C[C@@H](NC(=O)C[C@H]1C[C@H]2c3cc(NS(C)(=O)=O)ccc3O[C@H]2[C@@H](CO)O1)c1ccccc1. The van der Waals surface area contributed by atoms with Crippen LogP contribution in [0.1, 0.15) is 42.9 Å². The molecule has 2 aliphatic heterocycles. The zero-order valence-corrected chi connectivity index (χ0v) is 18.8. The lowest BCUT2D eigenvalue weighted by Crippen LogP contribution is -2.47. The van der Waals surface area contributed by atoms with Crippen molar-refractivity contribution in [3.63, 3.8) is 0 Å². The molecular weight excluding hydrogens is 432 g/mol. The van der Waals surface area contributed by atoms with Gasteiger partial charge in [-0.2, -0.15) is 0 Å². The first-order chi connectivity index (χ1) is 15.2. The number of fused-ring (bicyclic) bond motifs is 3. The van der Waals surface area contributed by atoms with Gasteiger partial charge in [0.1, 0.15) is 18.0 Å². The molecule has 172 valence electrons. The Balaban J connectivity index is 1.47. The van der Waals surface area contributed by atoms with Gasteiger partial charge in [0.15, 0.2) is 0 Å². The number of sulfonamides is 1. The van der Waals surface area contributed by atoms with E-state index in [1.54, 1.807) is 18.2 Å². The fourth-order valence-electron chi connectivity index (χ4n) is 4.50. The van der Waals surface area contributed by atoms with E-state index >= 15 is 0 Å². The third-order valence-corrected chi connectivity index (χ3v) is 6.50. The molecule has 0 bridgehead atoms. The molecule has 0 saturated carbocycles. The van der Waals surface area contributed by atoms with Gasteiger partial charge < -0.3 is 19.9 Å². The van der Waals surface area contributed by atoms with Gasteiger partial charge in [0.05, 0.1) is 31.4 Å². The predicted octanol–water partition coefficient (Wildman–Crippen LogP) is 2.32. The zero-order chi connectivity index (χ0) is 22.9. The second kappa shape index (κ2) is 9.09. The molecule has 0 unspecified atom stereocenters. The second-order valence-electron chi connectivity index (χ2n) is 8.43. The predicted molar refractivity (Wildman–Crippen MR) is 120 cm³/mol. The number of ether oxygens (including phenoxy) is 2. The van der Waals surface area contributed by atoms with Gasteiger partial charge in [0.25, 0.3) is 0 Å². The Kier molecular flexibility index (Phi) is 6.41. The average Bonchev–Trinajstić information content (AvgIpc) is 3.10. The summed E-state index contributed by atoms with van der Waals surface area (Å²) in [6, 6.07) is 14.7. The summed E-state index contributed by atoms with van der Waals surface area (Å²) in [7, 11) is -3.41. The van der Waals surface area contributed by atoms with Crippen LogP contribution in [0.25, 0.3) is 0 Å². The first-order valence-corrected chi connectivity index (χ1v) is 12.5. The molecule has 1 amide bonds. The summed E-state index contributed by atoms with van der Waals surface area (Å²) in [6.07, 6.45) is 0.443. The van der Waals surface area contributed by atoms with Crippen LogP contribution in [-0.4, -0.2) is 50.6 Å². The molecule has 32 heavy (non-hydrogen) atoms. The number of carbonyl (C=O) groups is 1. The number of nitrogens with one attached hydrogen (secondary N) is 2. The van der Waals surface area contributed by atoms with Gasteiger partial charge in [-0.15, -0.1) is 0 Å². The molecule has 9 heteroatoms. The number of hydrogen-bond acceptors (Lipinski definition) is 6. The fraction of sp³-hybridized carbons (Fsp3) is 0.435. The van der Waals surface area contributed by atoms with Crippen LogP contribution in [-0.2, 0) is 19.6 Å². The van der Waals surface area contributed by atoms with E-state index in [2.05, 4.69) is 10.0 Å². The van der Waals surface area contributed by atoms with E-state index < -0.39 is 22.2 Å². The van der Waals surface area contributed by atoms with Crippen LogP contribution < -0.4 is 14.8 Å². The highest BCUT2D eigenvalue weighted by molar-refractivity contribution is 7.92. The molecule has 2 aliphatic rings. The molecule has 0 spiro atoms. The van der Waals surface area contributed by atoms with Crippen molar-refractivity contribution in [2.24, 2.45) is 0 Å². The van der Waals surface area contributed by atoms with Crippen LogP contribution in [0.2, 0.25) is 0 Å². The highest BCUT2D eigenvalue weighted by atomic mass is 32.2. The van der Waals surface area contributed by atoms with Crippen molar-refractivity contribution in [3.8, 4) is 5.75 Å². The number of anilines is 1. The molecule has 2 aromatic carbocycles. The standard InChI is InChI=1S/C23H28N2O6S/c1-14(15-6-4-3-5-7-15)24-22(27)12-17-11-19-18-10-16(25-32(2,28)29)8-9-20(18)31-23(19)21(13-26)30-17/h3-10,14,17,19,21,23,25-26H,11-13H2,1-2H3,(H,24,27)/t14-,17-,19+,21-,23-/m1/s1. The van der Waals surface area contributed by atoms with Crippen LogP contribution in [0, 0.1) is 0 Å². The van der Waals surface area contributed by atoms with Gasteiger partial charge in [-0.3, -0.25) is 9.52 Å². The summed E-state index contributed by atoms with van der Waals surface area (Å²) in [5.41, 5.74) is 2.32. The summed E-state index contributed by atoms with van der Waals surface area (Å²) in [5.74, 6) is 0.401. The average molecular weight is 461 g/mol. The van der Waals surface area contributed by atoms with Gasteiger partial charge in [0, 0.05) is 17.2 Å². The van der Waals surface area contributed by atoms with E-state index in [0.29, 0.717) is 17.9 Å². The Morgan fingerprint density at radius 2 is 1.97 bits per heavy atom. The number of aliphatic hydroxyl groups excluding tert-OH is 1. The van der Waals surface area contributed by atoms with Crippen LogP contribution in [0.15, 0.2) is 48.5 Å². The minimum atomic E-state index is -3.41. The monoisotopic (exact) mass is 460 g/mol. The molecule has 1 saturated heterocycles. The van der Waals surface area contributed by atoms with Crippen molar-refractivity contribution in [1.82, 2.24) is 5.32 Å². The quantitative estimate of drug-likeness (QED) is 0.584. The summed E-state index contributed by atoms with van der Waals surface area (Å²) in [5, 5.41) is 12.9. The molecule has 3 N–H and O–H groups in total. The normalized spacial score (nSPS) is 25.2. The minimum absolute atomic E-state index is 0.110. The van der Waals surface area contributed by atoms with E-state index in [9.17, 15) is 18.3 Å². The fourth-order valence-corrected chi connectivity index (χ4v) is 5.05. The number of aliphatic hydroxyl groups is 1. The first kappa shape index (κ1) is 22.6. The third kappa shape index (κ3) is 5.06. The topological polar surface area (TPSA) is 114 Å². The Hall–Kier alpha value is -2.62. The van der Waals surface area contributed by atoms with Crippen molar-refractivity contribution in [2.45, 2.75) is 50.0 Å². The molecule has 8 nitrogen and oxygen atoms in total. The first-order valence-electron chi connectivity index (χ1n) is 10.6. The highest BCUT2D eigenvalue weighted by Crippen LogP contribution is 2.47. The van der Waals surface area contributed by atoms with Gasteiger partial charge in [-0.05, 0) is 37.1 Å². The van der Waals surface area contributed by atoms with E-state index in [0.717, 1.165) is 17.4 Å². The molecule has 4 rings (SSSR count). The maximum atomic E-state index is 12.7. The van der Waals surface area contributed by atoms with Crippen LogP contribution in [0.3, 0.4) is 0 Å². The Morgan fingerprint density at radius 1 is 1.22 bits per heavy atom. The summed E-state index contributed by atoms with van der Waals surface area (Å²) < 4.78 is 37.7. The highest BCUT2D eigenvalue weighted by Gasteiger charge is 2.46. The van der Waals surface area contributed by atoms with Gasteiger partial charge in [0.2, 0.25) is 15.9 Å². The lowest BCUT2D eigenvalue weighted by Gasteiger charge is -2.37. The van der Waals surface area contributed by atoms with Crippen molar-refractivity contribution in [1.29, 1.82) is 0 Å². The smallest absolute Gasteiger partial charge is 0.229 e. The van der Waals surface area contributed by atoms with Crippen molar-refractivity contribution in [2.75, 3.05) is 17.6 Å². The molecule has 0 radical (unpaired) electrons. The minimum Gasteiger partial charge on any atom is -0.487 e. The number of carbonyl (C=O) groups excluding carboxylic acids is 1. The van der Waals surface area contributed by atoms with Crippen molar-refractivity contribution < 1.29 is 27.8 Å². The van der Waals surface area contributed by atoms with Gasteiger partial charge in [-0.1, -0.05) is 30.3 Å². The van der Waals surface area contributed by atoms with E-state index in [1.807, 2.05) is 37.3 Å². The number of rotatable bonds is 7. The lowest BCUT2D eigenvalue weighted by molar-refractivity contribution is -0.142. The summed E-state index contributed by atoms with van der Waals surface area (Å²) >= 11 is 0. The zero-order valence-electron chi connectivity index (χ0n) is 18.0. The third-order valence-electron chi connectivity index (χ3n) is 5.89. The molecule has 1 fully saturated rings. The molecular formula is C23H28N2O6S. The van der Waals surface area contributed by atoms with Crippen LogP contribution in [0.5, 0.6) is 5.75 Å². The number of amides is 1. The van der Waals surface area contributed by atoms with Crippen molar-refractivity contribution in [3.05, 3.63) is 59.7 Å². The van der Waals surface area contributed by atoms with Crippen molar-refractivity contribution >= 4 is 21.6 Å². The molecule has 2 heterocycles. The number of benzene rings is 2. The maximum absolute atomic E-state index is 12.7. The van der Waals surface area contributed by atoms with E-state index in [4.69, 9.17) is 9.47 Å².